The van der Waals surface area contributed by atoms with Crippen LogP contribution in [0.4, 0.5) is 0 Å². The Morgan fingerprint density at radius 1 is 0.305 bits per heavy atom. The minimum absolute atomic E-state index is 0.0734. The Bertz CT molecular complexity index is 2310. The summed E-state index contributed by atoms with van der Waals surface area (Å²) in [6, 6.07) is 0. The third-order valence-corrected chi connectivity index (χ3v) is 16.4. The van der Waals surface area contributed by atoms with Crippen molar-refractivity contribution < 1.29 is 75.8 Å². The molecule has 0 heterocycles. The molecule has 0 amide bonds. The van der Waals surface area contributed by atoms with E-state index in [1.807, 2.05) is 0 Å². The summed E-state index contributed by atoms with van der Waals surface area (Å²) < 4.78 is 60.9. The Hall–Kier alpha value is -4.57. The molecule has 0 saturated heterocycles. The second-order valence-corrected chi connectivity index (χ2v) is 26.6. The smallest absolute Gasteiger partial charge is 0.463 e. The molecule has 0 fully saturated rings. The van der Waals surface area contributed by atoms with E-state index >= 15 is 0 Å². The molecule has 5 atom stereocenters. The molecule has 0 aliphatic rings. The van der Waals surface area contributed by atoms with Crippen molar-refractivity contribution in [3.05, 3.63) is 146 Å². The van der Waals surface area contributed by atoms with Gasteiger partial charge in [-0.2, -0.15) is 0 Å². The number of carbonyl (C=O) groups is 3. The van der Waals surface area contributed by atoms with Crippen molar-refractivity contribution in [1.29, 1.82) is 0 Å². The van der Waals surface area contributed by atoms with Crippen molar-refractivity contribution in [3.8, 4) is 0 Å². The van der Waals surface area contributed by atoms with Crippen molar-refractivity contribution >= 4 is 33.6 Å². The SMILES string of the molecule is CC/C=C\C/C=C\C/C=C\C/C=C\C/C=C\C/C=C\CCCCC(=O)OCC(COP(=O)(O)OCC(O)COP(=O)(O)OCC(O)COC(=O)CCCCCCCCC/C=C\C/C=C\C/C=C\C/C=C\CCCCC)OC(=O)CCCCCCC/C=C\C/C=C\CCCCC. The van der Waals surface area contributed by atoms with E-state index in [0.717, 1.165) is 161 Å². The van der Waals surface area contributed by atoms with Crippen molar-refractivity contribution in [2.45, 2.75) is 283 Å². The summed E-state index contributed by atoms with van der Waals surface area (Å²) in [6.45, 7) is 2.40. The standard InChI is InChI=1S/C77H128O16P2/c1-4-7-10-13-16-19-22-25-28-30-32-34-35-37-39-40-43-45-48-51-54-57-60-63-75(80)87-66-72(78)67-89-94(83,84)90-68-73(79)69-91-95(85,86)92-71-74(93-77(82)65-62-59-56-53-50-47-42-27-24-21-18-15-12-9-6-3)70-88-76(81)64-61-58-55-52-49-46-44-41-38-36-33-31-29-26-23-20-17-14-11-8-5-2/h8,11,16-21,25-29,32-34,36-37,39,41-42,44,49,52,72-74,78-79H,4-7,9-10,12-15,22-24,30-31,35,38,40,43,45-48,50-51,53-71H2,1-3H3,(H,83,84)(H,85,86)/b11-8-,19-16-,20-17-,21-18-,28-25-,29-26-,34-32-,36-33-,39-37-,42-27-,44-41-,52-49-. The lowest BCUT2D eigenvalue weighted by Crippen LogP contribution is -2.30. The van der Waals surface area contributed by atoms with Gasteiger partial charge in [0.15, 0.2) is 6.10 Å². The minimum Gasteiger partial charge on any atom is -0.463 e. The molecule has 0 spiro atoms. The predicted octanol–water partition coefficient (Wildman–Crippen LogP) is 20.5. The van der Waals surface area contributed by atoms with E-state index in [1.165, 1.54) is 44.9 Å². The Labute approximate surface area is 575 Å². The fourth-order valence-corrected chi connectivity index (χ4v) is 10.6. The minimum atomic E-state index is -4.95. The molecule has 16 nitrogen and oxygen atoms in total. The number of carbonyl (C=O) groups excluding carboxylic acids is 3. The van der Waals surface area contributed by atoms with Gasteiger partial charge >= 0.3 is 33.6 Å². The normalized spacial score (nSPS) is 15.0. The molecule has 0 saturated carbocycles. The Morgan fingerprint density at radius 3 is 0.905 bits per heavy atom. The summed E-state index contributed by atoms with van der Waals surface area (Å²) in [7, 11) is -9.81. The maximum absolute atomic E-state index is 12.9. The third kappa shape index (κ3) is 70.6. The number of unbranched alkanes of at least 4 members (excludes halogenated alkanes) is 20. The number of aliphatic hydroxyl groups excluding tert-OH is 2. The molecule has 0 radical (unpaired) electrons. The number of esters is 3. The van der Waals surface area contributed by atoms with Gasteiger partial charge in [-0.15, -0.1) is 0 Å². The maximum atomic E-state index is 12.9. The molecule has 95 heavy (non-hydrogen) atoms. The van der Waals surface area contributed by atoms with Gasteiger partial charge in [0, 0.05) is 19.3 Å². The topological polar surface area (TPSA) is 231 Å². The Kier molecular flexibility index (Phi) is 66.0. The summed E-state index contributed by atoms with van der Waals surface area (Å²) in [5.74, 6) is -1.66. The number of rotatable bonds is 67. The molecule has 542 valence electrons. The lowest BCUT2D eigenvalue weighted by molar-refractivity contribution is -0.161. The van der Waals surface area contributed by atoms with Crippen molar-refractivity contribution in [3.63, 3.8) is 0 Å². The van der Waals surface area contributed by atoms with E-state index in [9.17, 15) is 43.5 Å². The summed E-state index contributed by atoms with van der Waals surface area (Å²) in [5, 5.41) is 20.6. The Balaban J connectivity index is 4.71. The van der Waals surface area contributed by atoms with Crippen LogP contribution in [-0.4, -0.2) is 95.9 Å². The highest BCUT2D eigenvalue weighted by molar-refractivity contribution is 7.47. The molecule has 0 rings (SSSR count). The first-order valence-electron chi connectivity index (χ1n) is 36.1. The number of aliphatic hydroxyl groups is 2. The van der Waals surface area contributed by atoms with Crippen LogP contribution in [0.2, 0.25) is 0 Å². The second-order valence-electron chi connectivity index (χ2n) is 23.6. The van der Waals surface area contributed by atoms with Crippen molar-refractivity contribution in [1.82, 2.24) is 0 Å². The lowest BCUT2D eigenvalue weighted by atomic mass is 10.1. The first kappa shape index (κ1) is 90.4. The maximum Gasteiger partial charge on any atom is 0.472 e. The first-order chi connectivity index (χ1) is 46.2. The highest BCUT2D eigenvalue weighted by atomic mass is 31.2. The van der Waals surface area contributed by atoms with Crippen molar-refractivity contribution in [2.75, 3.05) is 39.6 Å². The van der Waals surface area contributed by atoms with E-state index < -0.39 is 91.5 Å². The van der Waals surface area contributed by atoms with Crippen LogP contribution >= 0.6 is 15.6 Å². The van der Waals surface area contributed by atoms with Gasteiger partial charge in [0.2, 0.25) is 0 Å². The van der Waals surface area contributed by atoms with Gasteiger partial charge in [-0.1, -0.05) is 244 Å². The summed E-state index contributed by atoms with van der Waals surface area (Å²) in [5.41, 5.74) is 0. The van der Waals surface area contributed by atoms with E-state index in [2.05, 4.69) is 167 Å². The van der Waals surface area contributed by atoms with Crippen LogP contribution in [0, 0.1) is 0 Å². The quantitative estimate of drug-likeness (QED) is 0.0146. The van der Waals surface area contributed by atoms with Gasteiger partial charge in [-0.3, -0.25) is 32.5 Å². The molecule has 5 unspecified atom stereocenters. The molecule has 18 heteroatoms. The van der Waals surface area contributed by atoms with Crippen molar-refractivity contribution in [2.24, 2.45) is 0 Å². The predicted molar refractivity (Wildman–Crippen MR) is 389 cm³/mol. The zero-order chi connectivity index (χ0) is 69.5. The highest BCUT2D eigenvalue weighted by Crippen LogP contribution is 2.45. The molecule has 4 N–H and O–H groups in total. The van der Waals surface area contributed by atoms with Gasteiger partial charge in [0.25, 0.3) is 0 Å². The highest BCUT2D eigenvalue weighted by Gasteiger charge is 2.29. The molecule has 0 aromatic rings. The number of allylic oxidation sites excluding steroid dienone is 24. The fraction of sp³-hybridized carbons (Fsp3) is 0.649. The zero-order valence-corrected chi connectivity index (χ0v) is 60.6. The van der Waals surface area contributed by atoms with Crippen LogP contribution in [0.15, 0.2) is 146 Å². The summed E-state index contributed by atoms with van der Waals surface area (Å²) in [6.07, 6.45) is 83.2. The van der Waals surface area contributed by atoms with Crippen LogP contribution in [0.1, 0.15) is 265 Å². The molecule has 0 bridgehead atoms. The second kappa shape index (κ2) is 69.3. The monoisotopic (exact) mass is 1370 g/mol. The van der Waals surface area contributed by atoms with E-state index in [-0.39, 0.29) is 19.3 Å². The summed E-state index contributed by atoms with van der Waals surface area (Å²) in [4.78, 5) is 58.5. The average molecular weight is 1370 g/mol. The third-order valence-electron chi connectivity index (χ3n) is 14.5. The average Bonchev–Trinajstić information content (AvgIpc) is 2.15. The summed E-state index contributed by atoms with van der Waals surface area (Å²) >= 11 is 0. The fourth-order valence-electron chi connectivity index (χ4n) is 9.00. The number of hydrogen-bond acceptors (Lipinski definition) is 14. The molecule has 0 aromatic carbocycles. The number of phosphoric ester groups is 2. The molecular formula is C77H128O16P2. The number of ether oxygens (including phenoxy) is 3. The number of phosphoric acid groups is 2. The van der Waals surface area contributed by atoms with Gasteiger partial charge in [0.05, 0.1) is 26.4 Å². The number of hydrogen-bond donors (Lipinski definition) is 4. The van der Waals surface area contributed by atoms with Gasteiger partial charge in [0.1, 0.15) is 25.4 Å². The van der Waals surface area contributed by atoms with Crippen LogP contribution in [0.25, 0.3) is 0 Å². The van der Waals surface area contributed by atoms with Crippen LogP contribution in [-0.2, 0) is 55.8 Å². The molecule has 0 aromatic heterocycles. The molecule has 0 aliphatic heterocycles. The first-order valence-corrected chi connectivity index (χ1v) is 39.1. The molecular weight excluding hydrogens is 1240 g/mol. The largest absolute Gasteiger partial charge is 0.472 e. The van der Waals surface area contributed by atoms with Crippen LogP contribution < -0.4 is 0 Å². The van der Waals surface area contributed by atoms with E-state index in [0.29, 0.717) is 19.3 Å². The molecule has 0 aliphatic carbocycles. The van der Waals surface area contributed by atoms with Gasteiger partial charge in [-0.05, 0) is 148 Å². The van der Waals surface area contributed by atoms with E-state index in [4.69, 9.17) is 32.3 Å². The lowest BCUT2D eigenvalue weighted by Gasteiger charge is -2.21. The van der Waals surface area contributed by atoms with Crippen LogP contribution in [0.5, 0.6) is 0 Å². The van der Waals surface area contributed by atoms with Gasteiger partial charge in [-0.25, -0.2) is 9.13 Å². The van der Waals surface area contributed by atoms with E-state index in [1.54, 1.807) is 0 Å². The van der Waals surface area contributed by atoms with Crippen LogP contribution in [0.3, 0.4) is 0 Å². The Morgan fingerprint density at radius 2 is 0.558 bits per heavy atom. The van der Waals surface area contributed by atoms with Gasteiger partial charge < -0.3 is 34.2 Å². The zero-order valence-electron chi connectivity index (χ0n) is 58.8.